The van der Waals surface area contributed by atoms with Crippen LogP contribution < -0.4 is 5.32 Å². The Balaban J connectivity index is 1.66. The van der Waals surface area contributed by atoms with Gasteiger partial charge in [0.25, 0.3) is 0 Å². The fourth-order valence-electron chi connectivity index (χ4n) is 1.92. The number of rotatable bonds is 4. The van der Waals surface area contributed by atoms with Gasteiger partial charge in [-0.05, 0) is 13.8 Å². The molecule has 1 aromatic carbocycles. The predicted molar refractivity (Wildman–Crippen MR) is 83.7 cm³/mol. The molecule has 1 N–H and O–H groups in total. The second-order valence-electron chi connectivity index (χ2n) is 4.90. The lowest BCUT2D eigenvalue weighted by Gasteiger charge is -1.97. The Morgan fingerprint density at radius 2 is 2.00 bits per heavy atom. The van der Waals surface area contributed by atoms with Crippen LogP contribution in [0.3, 0.4) is 0 Å². The van der Waals surface area contributed by atoms with Crippen LogP contribution in [0.1, 0.15) is 16.3 Å². The van der Waals surface area contributed by atoms with Gasteiger partial charge in [-0.1, -0.05) is 46.3 Å². The zero-order valence-electron chi connectivity index (χ0n) is 12.2. The first-order valence-corrected chi connectivity index (χ1v) is 7.54. The number of aryl methyl sites for hydroxylation is 2. The Morgan fingerprint density at radius 1 is 1.23 bits per heavy atom. The molecule has 0 fully saturated rings. The van der Waals surface area contributed by atoms with Gasteiger partial charge in [0.05, 0.1) is 12.1 Å². The molecule has 0 unspecified atom stereocenters. The third-order valence-corrected chi connectivity index (χ3v) is 3.76. The molecule has 0 saturated heterocycles. The van der Waals surface area contributed by atoms with Gasteiger partial charge in [0.1, 0.15) is 5.01 Å². The van der Waals surface area contributed by atoms with Gasteiger partial charge in [-0.2, -0.15) is 0 Å². The number of hydrogen-bond donors (Lipinski definition) is 1. The molecule has 3 rings (SSSR count). The van der Waals surface area contributed by atoms with Crippen LogP contribution in [0, 0.1) is 13.8 Å². The molecule has 0 spiro atoms. The Labute approximate surface area is 131 Å². The van der Waals surface area contributed by atoms with Gasteiger partial charge in [0.2, 0.25) is 11.0 Å². The van der Waals surface area contributed by atoms with E-state index in [9.17, 15) is 4.79 Å². The van der Waals surface area contributed by atoms with Crippen LogP contribution >= 0.6 is 11.3 Å². The maximum absolute atomic E-state index is 11.9. The molecule has 22 heavy (non-hydrogen) atoms. The normalized spacial score (nSPS) is 10.6. The van der Waals surface area contributed by atoms with Crippen molar-refractivity contribution in [3.63, 3.8) is 0 Å². The van der Waals surface area contributed by atoms with Crippen LogP contribution in [0.15, 0.2) is 34.9 Å². The van der Waals surface area contributed by atoms with E-state index in [2.05, 4.69) is 20.7 Å². The van der Waals surface area contributed by atoms with Crippen LogP contribution in [0.5, 0.6) is 0 Å². The monoisotopic (exact) mass is 314 g/mol. The molecule has 7 heteroatoms. The first kappa shape index (κ1) is 14.4. The van der Waals surface area contributed by atoms with Gasteiger partial charge in [-0.3, -0.25) is 4.79 Å². The average Bonchev–Trinajstić information content (AvgIpc) is 3.09. The minimum atomic E-state index is -0.195. The van der Waals surface area contributed by atoms with Crippen LogP contribution in [0.4, 0.5) is 5.13 Å². The zero-order valence-corrected chi connectivity index (χ0v) is 13.0. The van der Waals surface area contributed by atoms with E-state index < -0.39 is 0 Å². The molecule has 3 aromatic rings. The molecular formula is C15H14N4O2S. The number of anilines is 1. The molecule has 0 aliphatic rings. The summed E-state index contributed by atoms with van der Waals surface area (Å²) in [5, 5.41) is 15.6. The van der Waals surface area contributed by atoms with Crippen molar-refractivity contribution in [3.05, 3.63) is 46.6 Å². The van der Waals surface area contributed by atoms with Gasteiger partial charge in [0, 0.05) is 11.6 Å². The van der Waals surface area contributed by atoms with Gasteiger partial charge in [-0.15, -0.1) is 10.2 Å². The van der Waals surface area contributed by atoms with Crippen molar-refractivity contribution in [2.75, 3.05) is 5.32 Å². The van der Waals surface area contributed by atoms with Crippen molar-refractivity contribution in [2.24, 2.45) is 0 Å². The quantitative estimate of drug-likeness (QED) is 0.800. The van der Waals surface area contributed by atoms with Crippen molar-refractivity contribution in [1.29, 1.82) is 0 Å². The summed E-state index contributed by atoms with van der Waals surface area (Å²) in [6.45, 7) is 3.86. The highest BCUT2D eigenvalue weighted by Crippen LogP contribution is 2.21. The highest BCUT2D eigenvalue weighted by atomic mass is 32.1. The number of carbonyl (C=O) groups excluding carboxylic acids is 1. The van der Waals surface area contributed by atoms with E-state index in [4.69, 9.17) is 4.52 Å². The van der Waals surface area contributed by atoms with Crippen LogP contribution in [0.2, 0.25) is 0 Å². The summed E-state index contributed by atoms with van der Waals surface area (Å²) in [6.07, 6.45) is 0.133. The van der Waals surface area contributed by atoms with Gasteiger partial charge < -0.3 is 9.84 Å². The van der Waals surface area contributed by atoms with E-state index in [-0.39, 0.29) is 12.3 Å². The topological polar surface area (TPSA) is 80.9 Å². The van der Waals surface area contributed by atoms with Crippen molar-refractivity contribution in [1.82, 2.24) is 15.4 Å². The SMILES string of the molecule is Cc1ccc(-c2cc(CC(=O)Nc3nnc(C)s3)no2)cc1. The van der Waals surface area contributed by atoms with Gasteiger partial charge in [0.15, 0.2) is 5.76 Å². The van der Waals surface area contributed by atoms with Crippen LogP contribution in [-0.2, 0) is 11.2 Å². The molecule has 6 nitrogen and oxygen atoms in total. The van der Waals surface area contributed by atoms with Crippen LogP contribution in [0.25, 0.3) is 11.3 Å². The maximum atomic E-state index is 11.9. The Hall–Kier alpha value is -2.54. The highest BCUT2D eigenvalue weighted by molar-refractivity contribution is 7.15. The second-order valence-corrected chi connectivity index (χ2v) is 6.08. The summed E-state index contributed by atoms with van der Waals surface area (Å²) >= 11 is 1.33. The molecule has 0 aliphatic carbocycles. The van der Waals surface area contributed by atoms with E-state index in [1.54, 1.807) is 6.07 Å². The van der Waals surface area contributed by atoms with E-state index in [1.807, 2.05) is 38.1 Å². The van der Waals surface area contributed by atoms with Gasteiger partial charge in [-0.25, -0.2) is 0 Å². The average molecular weight is 314 g/mol. The molecule has 2 heterocycles. The maximum Gasteiger partial charge on any atom is 0.232 e. The lowest BCUT2D eigenvalue weighted by atomic mass is 10.1. The van der Waals surface area contributed by atoms with E-state index in [0.29, 0.717) is 16.6 Å². The standard InChI is InChI=1S/C15H14N4O2S/c1-9-3-5-11(6-4-9)13-7-12(19-21-13)8-14(20)16-15-18-17-10(2)22-15/h3-7H,8H2,1-2H3,(H,16,18,20). The second kappa shape index (κ2) is 6.07. The van der Waals surface area contributed by atoms with Crippen molar-refractivity contribution >= 4 is 22.4 Å². The fraction of sp³-hybridized carbons (Fsp3) is 0.200. The van der Waals surface area contributed by atoms with Gasteiger partial charge >= 0.3 is 0 Å². The van der Waals surface area contributed by atoms with Crippen molar-refractivity contribution in [2.45, 2.75) is 20.3 Å². The largest absolute Gasteiger partial charge is 0.356 e. The summed E-state index contributed by atoms with van der Waals surface area (Å²) < 4.78 is 5.29. The molecule has 0 atom stereocenters. The highest BCUT2D eigenvalue weighted by Gasteiger charge is 2.12. The molecule has 112 valence electrons. The lowest BCUT2D eigenvalue weighted by molar-refractivity contribution is -0.115. The third-order valence-electron chi connectivity index (χ3n) is 3.01. The number of hydrogen-bond acceptors (Lipinski definition) is 6. The first-order chi connectivity index (χ1) is 10.6. The number of amides is 1. The molecular weight excluding hydrogens is 300 g/mol. The Morgan fingerprint density at radius 3 is 2.68 bits per heavy atom. The number of nitrogens with one attached hydrogen (secondary N) is 1. The minimum Gasteiger partial charge on any atom is -0.356 e. The minimum absolute atomic E-state index is 0.133. The Bertz CT molecular complexity index is 792. The predicted octanol–water partition coefficient (Wildman–Crippen LogP) is 2.99. The molecule has 2 aromatic heterocycles. The van der Waals surface area contributed by atoms with Crippen molar-refractivity contribution in [3.8, 4) is 11.3 Å². The zero-order chi connectivity index (χ0) is 15.5. The Kier molecular flexibility index (Phi) is 3.97. The number of aromatic nitrogens is 3. The first-order valence-electron chi connectivity index (χ1n) is 6.73. The van der Waals surface area contributed by atoms with E-state index in [1.165, 1.54) is 16.9 Å². The summed E-state index contributed by atoms with van der Waals surface area (Å²) in [5.41, 5.74) is 2.69. The van der Waals surface area contributed by atoms with Crippen molar-refractivity contribution < 1.29 is 9.32 Å². The summed E-state index contributed by atoms with van der Waals surface area (Å²) in [4.78, 5) is 11.9. The summed E-state index contributed by atoms with van der Waals surface area (Å²) in [6, 6.07) is 9.70. The summed E-state index contributed by atoms with van der Waals surface area (Å²) in [5.74, 6) is 0.453. The van der Waals surface area contributed by atoms with E-state index >= 15 is 0 Å². The smallest absolute Gasteiger partial charge is 0.232 e. The molecule has 0 bridgehead atoms. The van der Waals surface area contributed by atoms with E-state index in [0.717, 1.165) is 10.6 Å². The lowest BCUT2D eigenvalue weighted by Crippen LogP contribution is -2.14. The molecule has 1 amide bonds. The molecule has 0 saturated carbocycles. The molecule has 0 radical (unpaired) electrons. The number of benzene rings is 1. The summed E-state index contributed by atoms with van der Waals surface area (Å²) in [7, 11) is 0. The third kappa shape index (κ3) is 3.37. The number of carbonyl (C=O) groups is 1. The van der Waals surface area contributed by atoms with Crippen LogP contribution in [-0.4, -0.2) is 21.3 Å². The fourth-order valence-corrected chi connectivity index (χ4v) is 2.53. The number of nitrogens with zero attached hydrogens (tertiary/aromatic N) is 3. The molecule has 0 aliphatic heterocycles.